The van der Waals surface area contributed by atoms with E-state index < -0.39 is 0 Å². The predicted molar refractivity (Wildman–Crippen MR) is 78.2 cm³/mol. The van der Waals surface area contributed by atoms with Crippen LogP contribution in [0.15, 0.2) is 34.9 Å². The van der Waals surface area contributed by atoms with Crippen molar-refractivity contribution >= 4 is 15.9 Å². The second-order valence-corrected chi connectivity index (χ2v) is 5.94. The lowest BCUT2D eigenvalue weighted by atomic mass is 10.3. The zero-order valence-corrected chi connectivity index (χ0v) is 12.6. The molecule has 0 N–H and O–H groups in total. The van der Waals surface area contributed by atoms with E-state index in [-0.39, 0.29) is 5.82 Å². The van der Waals surface area contributed by atoms with Gasteiger partial charge < -0.3 is 4.74 Å². The van der Waals surface area contributed by atoms with Gasteiger partial charge in [0.1, 0.15) is 18.2 Å². The first-order valence-corrected chi connectivity index (χ1v) is 7.63. The zero-order valence-electron chi connectivity index (χ0n) is 11.1. The van der Waals surface area contributed by atoms with E-state index in [9.17, 15) is 4.39 Å². The summed E-state index contributed by atoms with van der Waals surface area (Å²) in [5.41, 5.74) is 0.900. The molecule has 1 aliphatic carbocycles. The van der Waals surface area contributed by atoms with Crippen LogP contribution in [0.3, 0.4) is 0 Å². The molecule has 0 unspecified atom stereocenters. The standard InChI is InChI=1S/C15H16BrFN2O/c16-14-9-13(5-6-15(14)17)20-10-11-7-8-19(18-11)12-3-1-2-4-12/h5-9,12H,1-4,10H2. The number of benzene rings is 1. The van der Waals surface area contributed by atoms with E-state index in [1.54, 1.807) is 12.1 Å². The van der Waals surface area contributed by atoms with Crippen molar-refractivity contribution < 1.29 is 9.13 Å². The fourth-order valence-electron chi connectivity index (χ4n) is 2.55. The number of hydrogen-bond acceptors (Lipinski definition) is 2. The Balaban J connectivity index is 1.61. The minimum atomic E-state index is -0.289. The Morgan fingerprint density at radius 2 is 2.10 bits per heavy atom. The van der Waals surface area contributed by atoms with Crippen LogP contribution in [-0.2, 0) is 6.61 Å². The van der Waals surface area contributed by atoms with Crippen LogP contribution in [0.1, 0.15) is 37.4 Å². The van der Waals surface area contributed by atoms with Crippen LogP contribution in [0, 0.1) is 5.82 Å². The molecule has 20 heavy (non-hydrogen) atoms. The molecule has 1 heterocycles. The maximum Gasteiger partial charge on any atom is 0.137 e. The highest BCUT2D eigenvalue weighted by Crippen LogP contribution is 2.29. The van der Waals surface area contributed by atoms with Gasteiger partial charge in [-0.05, 0) is 53.0 Å². The molecule has 5 heteroatoms. The van der Waals surface area contributed by atoms with Gasteiger partial charge in [-0.1, -0.05) is 12.8 Å². The quantitative estimate of drug-likeness (QED) is 0.821. The topological polar surface area (TPSA) is 27.1 Å². The van der Waals surface area contributed by atoms with Crippen LogP contribution in [0.5, 0.6) is 5.75 Å². The zero-order chi connectivity index (χ0) is 13.9. The lowest BCUT2D eigenvalue weighted by molar-refractivity contribution is 0.297. The molecule has 1 aromatic heterocycles. The molecule has 0 aliphatic heterocycles. The summed E-state index contributed by atoms with van der Waals surface area (Å²) in [6.07, 6.45) is 7.04. The summed E-state index contributed by atoms with van der Waals surface area (Å²) in [6.45, 7) is 0.401. The largest absolute Gasteiger partial charge is 0.487 e. The lowest BCUT2D eigenvalue weighted by Gasteiger charge is -2.09. The Morgan fingerprint density at radius 3 is 2.85 bits per heavy atom. The first-order chi connectivity index (χ1) is 9.72. The summed E-state index contributed by atoms with van der Waals surface area (Å²) >= 11 is 3.15. The van der Waals surface area contributed by atoms with Crippen molar-refractivity contribution in [1.82, 2.24) is 9.78 Å². The monoisotopic (exact) mass is 338 g/mol. The van der Waals surface area contributed by atoms with Gasteiger partial charge in [-0.2, -0.15) is 5.10 Å². The molecular formula is C15H16BrFN2O. The Hall–Kier alpha value is -1.36. The van der Waals surface area contributed by atoms with Crippen LogP contribution in [0.25, 0.3) is 0 Å². The van der Waals surface area contributed by atoms with Crippen molar-refractivity contribution in [2.75, 3.05) is 0 Å². The molecular weight excluding hydrogens is 323 g/mol. The highest BCUT2D eigenvalue weighted by Gasteiger charge is 2.17. The smallest absolute Gasteiger partial charge is 0.137 e. The third-order valence-electron chi connectivity index (χ3n) is 3.64. The van der Waals surface area contributed by atoms with Crippen LogP contribution >= 0.6 is 15.9 Å². The molecule has 0 amide bonds. The fourth-order valence-corrected chi connectivity index (χ4v) is 2.91. The molecule has 1 fully saturated rings. The molecule has 3 rings (SSSR count). The van der Waals surface area contributed by atoms with Gasteiger partial charge in [0.2, 0.25) is 0 Å². The summed E-state index contributed by atoms with van der Waals surface area (Å²) < 4.78 is 21.2. The number of nitrogens with zero attached hydrogens (tertiary/aromatic N) is 2. The Morgan fingerprint density at radius 1 is 1.30 bits per heavy atom. The van der Waals surface area contributed by atoms with Crippen LogP contribution in [-0.4, -0.2) is 9.78 Å². The molecule has 0 bridgehead atoms. The van der Waals surface area contributed by atoms with Crippen molar-refractivity contribution in [2.24, 2.45) is 0 Å². The Kier molecular flexibility index (Phi) is 4.05. The average Bonchev–Trinajstić information content (AvgIpc) is 3.09. The molecule has 1 saturated carbocycles. The first-order valence-electron chi connectivity index (χ1n) is 6.84. The van der Waals surface area contributed by atoms with Crippen molar-refractivity contribution in [3.8, 4) is 5.75 Å². The SMILES string of the molecule is Fc1ccc(OCc2ccn(C3CCCC3)n2)cc1Br. The van der Waals surface area contributed by atoms with Gasteiger partial charge in [0, 0.05) is 6.20 Å². The van der Waals surface area contributed by atoms with Gasteiger partial charge in [-0.25, -0.2) is 4.39 Å². The van der Waals surface area contributed by atoms with E-state index in [0.717, 1.165) is 5.69 Å². The number of hydrogen-bond donors (Lipinski definition) is 0. The van der Waals surface area contributed by atoms with Crippen molar-refractivity contribution in [2.45, 2.75) is 38.3 Å². The molecule has 106 valence electrons. The van der Waals surface area contributed by atoms with Gasteiger partial charge in [-0.3, -0.25) is 4.68 Å². The minimum absolute atomic E-state index is 0.289. The van der Waals surface area contributed by atoms with E-state index in [1.165, 1.54) is 31.7 Å². The molecule has 3 nitrogen and oxygen atoms in total. The lowest BCUT2D eigenvalue weighted by Crippen LogP contribution is -2.06. The summed E-state index contributed by atoms with van der Waals surface area (Å²) in [6, 6.07) is 7.16. The molecule has 0 radical (unpaired) electrons. The summed E-state index contributed by atoms with van der Waals surface area (Å²) in [5, 5.41) is 4.55. The van der Waals surface area contributed by atoms with E-state index in [0.29, 0.717) is 22.9 Å². The van der Waals surface area contributed by atoms with Crippen LogP contribution in [0.2, 0.25) is 0 Å². The molecule has 2 aromatic rings. The second-order valence-electron chi connectivity index (χ2n) is 5.09. The summed E-state index contributed by atoms with van der Waals surface area (Å²) in [5.74, 6) is 0.344. The van der Waals surface area contributed by atoms with Crippen molar-refractivity contribution in [3.63, 3.8) is 0 Å². The number of ether oxygens (including phenoxy) is 1. The maximum absolute atomic E-state index is 13.1. The van der Waals surface area contributed by atoms with E-state index in [1.807, 2.05) is 16.9 Å². The van der Waals surface area contributed by atoms with Crippen LogP contribution in [0.4, 0.5) is 4.39 Å². The third kappa shape index (κ3) is 3.03. The third-order valence-corrected chi connectivity index (χ3v) is 4.25. The Labute approximate surface area is 125 Å². The highest BCUT2D eigenvalue weighted by molar-refractivity contribution is 9.10. The van der Waals surface area contributed by atoms with Crippen LogP contribution < -0.4 is 4.74 Å². The van der Waals surface area contributed by atoms with E-state index in [4.69, 9.17) is 4.74 Å². The average molecular weight is 339 g/mol. The van der Waals surface area contributed by atoms with E-state index in [2.05, 4.69) is 21.0 Å². The molecule has 1 aliphatic rings. The molecule has 0 spiro atoms. The van der Waals surface area contributed by atoms with Crippen molar-refractivity contribution in [1.29, 1.82) is 0 Å². The summed E-state index contributed by atoms with van der Waals surface area (Å²) in [4.78, 5) is 0. The van der Waals surface area contributed by atoms with Gasteiger partial charge in [0.25, 0.3) is 0 Å². The number of halogens is 2. The normalized spacial score (nSPS) is 15.7. The van der Waals surface area contributed by atoms with Gasteiger partial charge >= 0.3 is 0 Å². The number of aromatic nitrogens is 2. The number of rotatable bonds is 4. The summed E-state index contributed by atoms with van der Waals surface area (Å²) in [7, 11) is 0. The van der Waals surface area contributed by atoms with Gasteiger partial charge in [0.15, 0.2) is 0 Å². The maximum atomic E-state index is 13.1. The molecule has 0 atom stereocenters. The van der Waals surface area contributed by atoms with Gasteiger partial charge in [0.05, 0.1) is 16.2 Å². The van der Waals surface area contributed by atoms with E-state index >= 15 is 0 Å². The molecule has 0 saturated heterocycles. The first kappa shape index (κ1) is 13.6. The minimum Gasteiger partial charge on any atom is -0.487 e. The second kappa shape index (κ2) is 5.95. The highest BCUT2D eigenvalue weighted by atomic mass is 79.9. The molecule has 1 aromatic carbocycles. The predicted octanol–water partition coefficient (Wildman–Crippen LogP) is 4.48. The van der Waals surface area contributed by atoms with Crippen molar-refractivity contribution in [3.05, 3.63) is 46.4 Å². The Bertz CT molecular complexity index is 593. The van der Waals surface area contributed by atoms with Gasteiger partial charge in [-0.15, -0.1) is 0 Å². The fraction of sp³-hybridized carbons (Fsp3) is 0.400.